The van der Waals surface area contributed by atoms with Gasteiger partial charge >= 0.3 is 6.03 Å². The fourth-order valence-electron chi connectivity index (χ4n) is 2.10. The third-order valence-electron chi connectivity index (χ3n) is 3.26. The van der Waals surface area contributed by atoms with Crippen molar-refractivity contribution in [2.24, 2.45) is 0 Å². The van der Waals surface area contributed by atoms with Crippen molar-refractivity contribution in [3.63, 3.8) is 0 Å². The lowest BCUT2D eigenvalue weighted by molar-refractivity contribution is 0.173. The number of nitrogens with zero attached hydrogens (tertiary/aromatic N) is 1. The van der Waals surface area contributed by atoms with Crippen LogP contribution in [0.5, 0.6) is 0 Å². The lowest BCUT2D eigenvalue weighted by Gasteiger charge is -2.22. The van der Waals surface area contributed by atoms with Crippen molar-refractivity contribution in [3.8, 4) is 0 Å². The summed E-state index contributed by atoms with van der Waals surface area (Å²) in [6.45, 7) is 0.602. The first-order chi connectivity index (χ1) is 10.7. The Labute approximate surface area is 129 Å². The monoisotopic (exact) mass is 302 g/mol. The van der Waals surface area contributed by atoms with Gasteiger partial charge in [0, 0.05) is 25.2 Å². The molecule has 0 spiro atoms. The van der Waals surface area contributed by atoms with Crippen molar-refractivity contribution < 1.29 is 14.3 Å². The Morgan fingerprint density at radius 1 is 1.09 bits per heavy atom. The van der Waals surface area contributed by atoms with Gasteiger partial charge in [-0.05, 0) is 11.6 Å². The molecule has 0 fully saturated rings. The third-order valence-corrected chi connectivity index (χ3v) is 3.26. The minimum Gasteiger partial charge on any atom is -0.395 e. The molecule has 0 aliphatic heterocycles. The maximum Gasteiger partial charge on any atom is 0.318 e. The zero-order valence-electron chi connectivity index (χ0n) is 12.2. The van der Waals surface area contributed by atoms with Crippen molar-refractivity contribution in [3.05, 3.63) is 71.5 Å². The Kier molecular flexibility index (Phi) is 5.91. The predicted molar refractivity (Wildman–Crippen MR) is 82.6 cm³/mol. The minimum absolute atomic E-state index is 0.113. The summed E-state index contributed by atoms with van der Waals surface area (Å²) in [5, 5.41) is 11.8. The average molecular weight is 302 g/mol. The van der Waals surface area contributed by atoms with E-state index in [2.05, 4.69) is 5.32 Å². The van der Waals surface area contributed by atoms with Gasteiger partial charge in [0.25, 0.3) is 0 Å². The molecule has 0 saturated heterocycles. The second-order valence-electron chi connectivity index (χ2n) is 4.88. The largest absolute Gasteiger partial charge is 0.395 e. The van der Waals surface area contributed by atoms with Crippen LogP contribution in [0, 0.1) is 5.82 Å². The first kappa shape index (κ1) is 16.0. The van der Waals surface area contributed by atoms with Crippen molar-refractivity contribution in [2.75, 3.05) is 13.2 Å². The number of carbonyl (C=O) groups excluding carboxylic acids is 1. The highest BCUT2D eigenvalue weighted by Gasteiger charge is 2.13. The van der Waals surface area contributed by atoms with Crippen LogP contribution in [0.3, 0.4) is 0 Å². The molecule has 2 aromatic rings. The smallest absolute Gasteiger partial charge is 0.318 e. The predicted octanol–water partition coefficient (Wildman–Crippen LogP) is 2.53. The molecular weight excluding hydrogens is 283 g/mol. The number of hydrogen-bond acceptors (Lipinski definition) is 2. The van der Waals surface area contributed by atoms with E-state index in [0.717, 1.165) is 5.56 Å². The molecule has 0 bridgehead atoms. The highest BCUT2D eigenvalue weighted by Crippen LogP contribution is 2.07. The van der Waals surface area contributed by atoms with E-state index in [1.54, 1.807) is 18.2 Å². The number of rotatable bonds is 6. The molecule has 0 aliphatic rings. The molecule has 0 saturated carbocycles. The summed E-state index contributed by atoms with van der Waals surface area (Å²) in [4.78, 5) is 13.7. The molecular formula is C17H19FN2O2. The molecule has 116 valence electrons. The summed E-state index contributed by atoms with van der Waals surface area (Å²) < 4.78 is 13.5. The van der Waals surface area contributed by atoms with Crippen LogP contribution in [-0.2, 0) is 13.1 Å². The van der Waals surface area contributed by atoms with Crippen molar-refractivity contribution >= 4 is 6.03 Å². The van der Waals surface area contributed by atoms with Crippen molar-refractivity contribution in [2.45, 2.75) is 13.1 Å². The Balaban J connectivity index is 1.96. The summed E-state index contributed by atoms with van der Waals surface area (Å²) in [6, 6.07) is 15.5. The molecule has 2 aromatic carbocycles. The maximum absolute atomic E-state index is 13.5. The fraction of sp³-hybridized carbons (Fsp3) is 0.235. The second kappa shape index (κ2) is 8.14. The third kappa shape index (κ3) is 4.56. The van der Waals surface area contributed by atoms with E-state index < -0.39 is 0 Å². The molecule has 0 aromatic heterocycles. The van der Waals surface area contributed by atoms with Crippen LogP contribution in [-0.4, -0.2) is 29.2 Å². The Morgan fingerprint density at radius 2 is 1.77 bits per heavy atom. The van der Waals surface area contributed by atoms with Gasteiger partial charge in [0.2, 0.25) is 0 Å². The molecule has 0 heterocycles. The normalized spacial score (nSPS) is 10.3. The Hall–Kier alpha value is -2.40. The summed E-state index contributed by atoms with van der Waals surface area (Å²) >= 11 is 0. The Morgan fingerprint density at radius 3 is 2.45 bits per heavy atom. The quantitative estimate of drug-likeness (QED) is 0.861. The van der Waals surface area contributed by atoms with E-state index in [0.29, 0.717) is 12.1 Å². The van der Waals surface area contributed by atoms with Gasteiger partial charge in [0.15, 0.2) is 0 Å². The van der Waals surface area contributed by atoms with Gasteiger partial charge in [0.1, 0.15) is 5.82 Å². The number of amides is 2. The van der Waals surface area contributed by atoms with E-state index in [1.165, 1.54) is 11.0 Å². The van der Waals surface area contributed by atoms with Crippen molar-refractivity contribution in [1.29, 1.82) is 0 Å². The average Bonchev–Trinajstić information content (AvgIpc) is 2.54. The molecule has 2 rings (SSSR count). The summed E-state index contributed by atoms with van der Waals surface area (Å²) in [5.41, 5.74) is 1.40. The summed E-state index contributed by atoms with van der Waals surface area (Å²) in [6.07, 6.45) is 0. The van der Waals surface area contributed by atoms with Crippen LogP contribution >= 0.6 is 0 Å². The van der Waals surface area contributed by atoms with E-state index in [1.807, 2.05) is 30.3 Å². The lowest BCUT2D eigenvalue weighted by Crippen LogP contribution is -2.40. The van der Waals surface area contributed by atoms with Crippen LogP contribution in [0.15, 0.2) is 54.6 Å². The van der Waals surface area contributed by atoms with E-state index in [9.17, 15) is 9.18 Å². The van der Waals surface area contributed by atoms with Gasteiger partial charge in [-0.2, -0.15) is 0 Å². The van der Waals surface area contributed by atoms with Crippen LogP contribution in [0.2, 0.25) is 0 Å². The van der Waals surface area contributed by atoms with Crippen LogP contribution in [0.1, 0.15) is 11.1 Å². The molecule has 0 radical (unpaired) electrons. The van der Waals surface area contributed by atoms with Gasteiger partial charge in [0.05, 0.1) is 6.61 Å². The van der Waals surface area contributed by atoms with Gasteiger partial charge < -0.3 is 15.3 Å². The van der Waals surface area contributed by atoms with Gasteiger partial charge in [-0.25, -0.2) is 9.18 Å². The highest BCUT2D eigenvalue weighted by atomic mass is 19.1. The number of carbonyl (C=O) groups is 1. The zero-order valence-corrected chi connectivity index (χ0v) is 12.2. The lowest BCUT2D eigenvalue weighted by atomic mass is 10.2. The molecule has 22 heavy (non-hydrogen) atoms. The first-order valence-corrected chi connectivity index (χ1v) is 7.11. The van der Waals surface area contributed by atoms with Crippen LogP contribution < -0.4 is 5.32 Å². The topological polar surface area (TPSA) is 52.6 Å². The van der Waals surface area contributed by atoms with Gasteiger partial charge in [-0.15, -0.1) is 0 Å². The van der Waals surface area contributed by atoms with Gasteiger partial charge in [-0.3, -0.25) is 0 Å². The van der Waals surface area contributed by atoms with E-state index in [-0.39, 0.29) is 31.5 Å². The van der Waals surface area contributed by atoms with E-state index >= 15 is 0 Å². The molecule has 2 amide bonds. The molecule has 2 N–H and O–H groups in total. The number of nitrogens with one attached hydrogen (secondary N) is 1. The second-order valence-corrected chi connectivity index (χ2v) is 4.88. The van der Waals surface area contributed by atoms with Crippen LogP contribution in [0.4, 0.5) is 9.18 Å². The van der Waals surface area contributed by atoms with Crippen LogP contribution in [0.25, 0.3) is 0 Å². The fourth-order valence-corrected chi connectivity index (χ4v) is 2.10. The van der Waals surface area contributed by atoms with Crippen molar-refractivity contribution in [1.82, 2.24) is 10.2 Å². The highest BCUT2D eigenvalue weighted by molar-refractivity contribution is 5.74. The summed E-state index contributed by atoms with van der Waals surface area (Å²) in [7, 11) is 0. The maximum atomic E-state index is 13.5. The molecule has 5 heteroatoms. The molecule has 4 nitrogen and oxygen atoms in total. The number of hydrogen-bond donors (Lipinski definition) is 2. The SMILES string of the molecule is O=C(NCc1ccccc1F)N(CCO)Cc1ccccc1. The zero-order chi connectivity index (χ0) is 15.8. The molecule has 0 aliphatic carbocycles. The standard InChI is InChI=1S/C17H19FN2O2/c18-16-9-5-4-8-15(16)12-19-17(22)20(10-11-21)13-14-6-2-1-3-7-14/h1-9,21H,10-13H2,(H,19,22). The van der Waals surface area contributed by atoms with E-state index in [4.69, 9.17) is 5.11 Å². The number of aliphatic hydroxyl groups excluding tert-OH is 1. The van der Waals surface area contributed by atoms with Gasteiger partial charge in [-0.1, -0.05) is 48.5 Å². The number of benzene rings is 2. The number of urea groups is 1. The summed E-state index contributed by atoms with van der Waals surface area (Å²) in [5.74, 6) is -0.348. The number of aliphatic hydroxyl groups is 1. The molecule has 0 unspecified atom stereocenters. The number of halogens is 1. The minimum atomic E-state index is -0.348. The first-order valence-electron chi connectivity index (χ1n) is 7.11. The Bertz CT molecular complexity index is 605. The molecule has 0 atom stereocenters.